The Morgan fingerprint density at radius 3 is 2.93 bits per heavy atom. The normalized spacial score (nSPS) is 17.1. The zero-order valence-electron chi connectivity index (χ0n) is 8.04. The Labute approximate surface area is 92.5 Å². The number of hydrogen-bond donors (Lipinski definition) is 1. The van der Waals surface area contributed by atoms with E-state index in [0.717, 1.165) is 6.42 Å². The molecule has 1 aliphatic rings. The van der Waals surface area contributed by atoms with Gasteiger partial charge in [-0.15, -0.1) is 0 Å². The average Bonchev–Trinajstić information content (AvgIpc) is 2.74. The summed E-state index contributed by atoms with van der Waals surface area (Å²) in [4.78, 5) is 0. The number of nitrogens with two attached hydrogens (primary N) is 1. The molecule has 1 atom stereocenters. The molecule has 1 aromatic carbocycles. The number of ether oxygens (including phenoxy) is 1. The van der Waals surface area contributed by atoms with Crippen LogP contribution in [0.25, 0.3) is 0 Å². The number of halogens is 2. The second-order valence-corrected chi connectivity index (χ2v) is 3.74. The molecule has 4 heteroatoms. The molecule has 1 aromatic rings. The molecule has 0 saturated carbocycles. The van der Waals surface area contributed by atoms with Gasteiger partial charge in [-0.2, -0.15) is 0 Å². The quantitative estimate of drug-likeness (QED) is 0.843. The zero-order valence-corrected chi connectivity index (χ0v) is 8.80. The highest BCUT2D eigenvalue weighted by Gasteiger charge is 2.20. The Morgan fingerprint density at radius 2 is 2.27 bits per heavy atom. The summed E-state index contributed by atoms with van der Waals surface area (Å²) in [5.41, 5.74) is 6.49. The Balaban J connectivity index is 2.32. The first-order valence-corrected chi connectivity index (χ1v) is 5.10. The van der Waals surface area contributed by atoms with Crippen LogP contribution in [0.4, 0.5) is 4.39 Å². The van der Waals surface area contributed by atoms with Gasteiger partial charge in [0.05, 0.1) is 17.7 Å². The predicted molar refractivity (Wildman–Crippen MR) is 57.0 cm³/mol. The van der Waals surface area contributed by atoms with Crippen molar-refractivity contribution in [3.8, 4) is 0 Å². The third-order valence-corrected chi connectivity index (χ3v) is 2.75. The molecule has 2 nitrogen and oxygen atoms in total. The first-order chi connectivity index (χ1) is 7.20. The summed E-state index contributed by atoms with van der Waals surface area (Å²) in [5, 5.41) is 0.0707. The van der Waals surface area contributed by atoms with Gasteiger partial charge in [0.15, 0.2) is 0 Å². The first-order valence-electron chi connectivity index (χ1n) is 4.72. The smallest absolute Gasteiger partial charge is 0.142 e. The van der Waals surface area contributed by atoms with Gasteiger partial charge in [-0.05, 0) is 17.7 Å². The van der Waals surface area contributed by atoms with E-state index in [9.17, 15) is 4.39 Å². The summed E-state index contributed by atoms with van der Waals surface area (Å²) in [6.07, 6.45) is 2.75. The fourth-order valence-electron chi connectivity index (χ4n) is 1.57. The van der Waals surface area contributed by atoms with Gasteiger partial charge in [0.2, 0.25) is 0 Å². The van der Waals surface area contributed by atoms with E-state index in [1.165, 1.54) is 6.07 Å². The highest BCUT2D eigenvalue weighted by Crippen LogP contribution is 2.30. The van der Waals surface area contributed by atoms with E-state index in [1.807, 2.05) is 6.08 Å². The van der Waals surface area contributed by atoms with E-state index in [0.29, 0.717) is 17.9 Å². The lowest BCUT2D eigenvalue weighted by atomic mass is 10.1. The fraction of sp³-hybridized carbons (Fsp3) is 0.273. The van der Waals surface area contributed by atoms with Gasteiger partial charge < -0.3 is 10.5 Å². The summed E-state index contributed by atoms with van der Waals surface area (Å²) >= 11 is 5.83. The lowest BCUT2D eigenvalue weighted by Gasteiger charge is -2.15. The number of hydrogen-bond acceptors (Lipinski definition) is 2. The molecule has 1 aliphatic heterocycles. The van der Waals surface area contributed by atoms with E-state index in [2.05, 4.69) is 0 Å². The van der Waals surface area contributed by atoms with Crippen LogP contribution in [0.15, 0.2) is 30.0 Å². The molecule has 2 rings (SSSR count). The van der Waals surface area contributed by atoms with Crippen LogP contribution in [-0.4, -0.2) is 6.61 Å². The minimum absolute atomic E-state index is 0.0707. The minimum Gasteiger partial charge on any atom is -0.496 e. The van der Waals surface area contributed by atoms with E-state index in [1.54, 1.807) is 12.1 Å². The van der Waals surface area contributed by atoms with Gasteiger partial charge in [0, 0.05) is 6.42 Å². The molecule has 0 bridgehead atoms. The van der Waals surface area contributed by atoms with Crippen LogP contribution in [0, 0.1) is 5.82 Å². The lowest BCUT2D eigenvalue weighted by molar-refractivity contribution is 0.225. The third-order valence-electron chi connectivity index (χ3n) is 2.36. The van der Waals surface area contributed by atoms with Crippen LogP contribution in [-0.2, 0) is 4.74 Å². The Hall–Kier alpha value is -1.06. The molecule has 1 heterocycles. The maximum absolute atomic E-state index is 13.2. The van der Waals surface area contributed by atoms with Crippen LogP contribution >= 0.6 is 11.6 Å². The average molecular weight is 228 g/mol. The number of rotatable bonds is 2. The number of benzene rings is 1. The third kappa shape index (κ3) is 1.98. The van der Waals surface area contributed by atoms with Gasteiger partial charge in [0.1, 0.15) is 11.6 Å². The van der Waals surface area contributed by atoms with Crippen molar-refractivity contribution in [1.82, 2.24) is 0 Å². The van der Waals surface area contributed by atoms with E-state index in [4.69, 9.17) is 22.1 Å². The molecule has 0 amide bonds. The molecule has 0 aromatic heterocycles. The van der Waals surface area contributed by atoms with Crippen molar-refractivity contribution >= 4 is 11.6 Å². The van der Waals surface area contributed by atoms with Crippen molar-refractivity contribution in [3.63, 3.8) is 0 Å². The molecule has 1 unspecified atom stereocenters. The monoisotopic (exact) mass is 227 g/mol. The minimum atomic E-state index is -0.476. The van der Waals surface area contributed by atoms with Crippen LogP contribution in [0.1, 0.15) is 18.0 Å². The van der Waals surface area contributed by atoms with E-state index in [-0.39, 0.29) is 5.02 Å². The Bertz CT molecular complexity index is 406. The summed E-state index contributed by atoms with van der Waals surface area (Å²) in [7, 11) is 0. The molecule has 15 heavy (non-hydrogen) atoms. The molecule has 0 spiro atoms. The summed E-state index contributed by atoms with van der Waals surface area (Å²) in [6.45, 7) is 0.635. The molecule has 0 fully saturated rings. The van der Waals surface area contributed by atoms with Crippen molar-refractivity contribution in [3.05, 3.63) is 46.4 Å². The second-order valence-electron chi connectivity index (χ2n) is 3.36. The SMILES string of the molecule is NC(C1=CCCO1)c1cccc(F)c1Cl. The highest BCUT2D eigenvalue weighted by atomic mass is 35.5. The van der Waals surface area contributed by atoms with Gasteiger partial charge in [-0.1, -0.05) is 23.7 Å². The highest BCUT2D eigenvalue weighted by molar-refractivity contribution is 6.31. The van der Waals surface area contributed by atoms with Gasteiger partial charge in [-0.3, -0.25) is 0 Å². The Kier molecular flexibility index (Phi) is 2.93. The molecule has 80 valence electrons. The maximum atomic E-state index is 13.2. The largest absolute Gasteiger partial charge is 0.496 e. The molecule has 0 saturated heterocycles. The topological polar surface area (TPSA) is 35.2 Å². The second kappa shape index (κ2) is 4.21. The van der Waals surface area contributed by atoms with Crippen LogP contribution < -0.4 is 5.73 Å². The fourth-order valence-corrected chi connectivity index (χ4v) is 1.81. The van der Waals surface area contributed by atoms with Crippen molar-refractivity contribution in [1.29, 1.82) is 0 Å². The van der Waals surface area contributed by atoms with Crippen LogP contribution in [0.5, 0.6) is 0 Å². The van der Waals surface area contributed by atoms with Gasteiger partial charge in [-0.25, -0.2) is 4.39 Å². The van der Waals surface area contributed by atoms with Crippen molar-refractivity contribution in [2.24, 2.45) is 5.73 Å². The summed E-state index contributed by atoms with van der Waals surface area (Å²) in [5.74, 6) is 0.214. The Morgan fingerprint density at radius 1 is 1.47 bits per heavy atom. The van der Waals surface area contributed by atoms with Gasteiger partial charge in [0.25, 0.3) is 0 Å². The van der Waals surface area contributed by atoms with Gasteiger partial charge >= 0.3 is 0 Å². The molecule has 2 N–H and O–H groups in total. The standard InChI is InChI=1S/C11H11ClFNO/c12-10-7(3-1-4-8(10)13)11(14)9-5-2-6-15-9/h1,3-5,11H,2,6,14H2. The van der Waals surface area contributed by atoms with Crippen molar-refractivity contribution in [2.75, 3.05) is 6.61 Å². The summed E-state index contributed by atoms with van der Waals surface area (Å²) in [6, 6.07) is 4.13. The van der Waals surface area contributed by atoms with E-state index < -0.39 is 11.9 Å². The van der Waals surface area contributed by atoms with Crippen molar-refractivity contribution in [2.45, 2.75) is 12.5 Å². The first kappa shape index (κ1) is 10.5. The van der Waals surface area contributed by atoms with Crippen LogP contribution in [0.3, 0.4) is 0 Å². The molecular weight excluding hydrogens is 217 g/mol. The predicted octanol–water partition coefficient (Wildman–Crippen LogP) is 2.78. The maximum Gasteiger partial charge on any atom is 0.142 e. The summed E-state index contributed by atoms with van der Waals surface area (Å²) < 4.78 is 18.5. The lowest BCUT2D eigenvalue weighted by Crippen LogP contribution is -2.14. The molecular formula is C11H11ClFNO. The van der Waals surface area contributed by atoms with E-state index >= 15 is 0 Å². The molecule has 0 aliphatic carbocycles. The molecule has 0 radical (unpaired) electrons. The van der Waals surface area contributed by atoms with Crippen molar-refractivity contribution < 1.29 is 9.13 Å². The van der Waals surface area contributed by atoms with Crippen LogP contribution in [0.2, 0.25) is 5.02 Å². The zero-order chi connectivity index (χ0) is 10.8.